The molecule has 2 aliphatic rings. The number of aromatic nitrogens is 4. The van der Waals surface area contributed by atoms with Crippen LogP contribution in [0.3, 0.4) is 0 Å². The predicted molar refractivity (Wildman–Crippen MR) is 95.3 cm³/mol. The Bertz CT molecular complexity index is 971. The maximum Gasteiger partial charge on any atom is 0.267 e. The monoisotopic (exact) mass is 377 g/mol. The maximum absolute atomic E-state index is 12.4. The molecule has 0 atom stereocenters. The van der Waals surface area contributed by atoms with Crippen molar-refractivity contribution in [1.82, 2.24) is 24.1 Å². The molecule has 0 bridgehead atoms. The van der Waals surface area contributed by atoms with Crippen LogP contribution in [0.2, 0.25) is 0 Å². The summed E-state index contributed by atoms with van der Waals surface area (Å²) in [5, 5.41) is 4.62. The molecule has 8 nitrogen and oxygen atoms in total. The second-order valence-corrected chi connectivity index (χ2v) is 8.92. The average Bonchev–Trinajstić information content (AvgIpc) is 3.23. The van der Waals surface area contributed by atoms with Crippen LogP contribution in [0.4, 0.5) is 0 Å². The molecular weight excluding hydrogens is 354 g/mol. The van der Waals surface area contributed by atoms with Crippen molar-refractivity contribution in [3.05, 3.63) is 40.2 Å². The Morgan fingerprint density at radius 1 is 1.19 bits per heavy atom. The molecule has 0 radical (unpaired) electrons. The number of hydrogen-bond acceptors (Lipinski definition) is 5. The van der Waals surface area contributed by atoms with E-state index in [1.165, 1.54) is 12.5 Å². The SMILES string of the molecule is Cn1cnc(S(=O)(=O)NC2CCC(n3nc4c(cc3=O)CCC4)CC2)c1. The molecule has 0 aromatic carbocycles. The number of aryl methyl sites for hydroxylation is 3. The van der Waals surface area contributed by atoms with Gasteiger partial charge in [0.05, 0.1) is 18.1 Å². The lowest BCUT2D eigenvalue weighted by Gasteiger charge is -2.29. The highest BCUT2D eigenvalue weighted by Gasteiger charge is 2.29. The quantitative estimate of drug-likeness (QED) is 0.854. The Labute approximate surface area is 152 Å². The van der Waals surface area contributed by atoms with Gasteiger partial charge in [-0.2, -0.15) is 5.10 Å². The third-order valence-corrected chi connectivity index (χ3v) is 6.71. The summed E-state index contributed by atoms with van der Waals surface area (Å²) >= 11 is 0. The summed E-state index contributed by atoms with van der Waals surface area (Å²) in [7, 11) is -1.87. The molecular formula is C17H23N5O3S. The summed E-state index contributed by atoms with van der Waals surface area (Å²) < 4.78 is 30.8. The molecule has 0 amide bonds. The molecule has 4 rings (SSSR count). The molecule has 2 aromatic heterocycles. The molecule has 140 valence electrons. The van der Waals surface area contributed by atoms with Crippen molar-refractivity contribution in [3.63, 3.8) is 0 Å². The van der Waals surface area contributed by atoms with Gasteiger partial charge in [-0.25, -0.2) is 22.8 Å². The first kappa shape index (κ1) is 17.4. The van der Waals surface area contributed by atoms with Crippen LogP contribution >= 0.6 is 0 Å². The van der Waals surface area contributed by atoms with Crippen LogP contribution in [-0.2, 0) is 29.9 Å². The van der Waals surface area contributed by atoms with Crippen molar-refractivity contribution in [2.24, 2.45) is 7.05 Å². The Balaban J connectivity index is 1.43. The van der Waals surface area contributed by atoms with Crippen molar-refractivity contribution in [2.45, 2.75) is 62.1 Å². The van der Waals surface area contributed by atoms with Gasteiger partial charge in [0.25, 0.3) is 15.6 Å². The summed E-state index contributed by atoms with van der Waals surface area (Å²) in [5.41, 5.74) is 2.09. The minimum Gasteiger partial charge on any atom is -0.339 e. The standard InChI is InChI=1S/C17H23N5O3S/c1-21-10-16(18-11-21)26(24,25)20-13-5-7-14(8-6-13)22-17(23)9-12-3-2-4-15(12)19-22/h9-11,13-14,20H,2-8H2,1H3. The highest BCUT2D eigenvalue weighted by molar-refractivity contribution is 7.89. The molecule has 1 saturated carbocycles. The number of sulfonamides is 1. The van der Waals surface area contributed by atoms with Gasteiger partial charge in [0.15, 0.2) is 5.03 Å². The number of hydrogen-bond donors (Lipinski definition) is 1. The molecule has 9 heteroatoms. The smallest absolute Gasteiger partial charge is 0.267 e. The van der Waals surface area contributed by atoms with E-state index in [9.17, 15) is 13.2 Å². The number of nitrogens with zero attached hydrogens (tertiary/aromatic N) is 4. The van der Waals surface area contributed by atoms with Crippen LogP contribution in [0.1, 0.15) is 49.4 Å². The molecule has 0 aliphatic heterocycles. The van der Waals surface area contributed by atoms with Gasteiger partial charge in [-0.05, 0) is 50.5 Å². The van der Waals surface area contributed by atoms with Crippen LogP contribution in [0.5, 0.6) is 0 Å². The van der Waals surface area contributed by atoms with Crippen molar-refractivity contribution in [2.75, 3.05) is 0 Å². The first-order chi connectivity index (χ1) is 12.4. The van der Waals surface area contributed by atoms with Gasteiger partial charge in [0.1, 0.15) is 0 Å². The first-order valence-corrected chi connectivity index (χ1v) is 10.5. The van der Waals surface area contributed by atoms with Gasteiger partial charge in [-0.15, -0.1) is 0 Å². The van der Waals surface area contributed by atoms with E-state index in [1.54, 1.807) is 22.4 Å². The zero-order valence-corrected chi connectivity index (χ0v) is 15.6. The van der Waals surface area contributed by atoms with Crippen LogP contribution in [0, 0.1) is 0 Å². The highest BCUT2D eigenvalue weighted by Crippen LogP contribution is 2.28. The van der Waals surface area contributed by atoms with E-state index in [-0.39, 0.29) is 22.7 Å². The highest BCUT2D eigenvalue weighted by atomic mass is 32.2. The van der Waals surface area contributed by atoms with E-state index in [1.807, 2.05) is 0 Å². The Hall–Kier alpha value is -2.00. The van der Waals surface area contributed by atoms with Crippen molar-refractivity contribution in [3.8, 4) is 0 Å². The summed E-state index contributed by atoms with van der Waals surface area (Å²) in [6.07, 6.45) is 8.74. The lowest BCUT2D eigenvalue weighted by molar-refractivity contribution is 0.284. The fraction of sp³-hybridized carbons (Fsp3) is 0.588. The van der Waals surface area contributed by atoms with Crippen LogP contribution in [-0.4, -0.2) is 33.8 Å². The normalized spacial score (nSPS) is 23.1. The van der Waals surface area contributed by atoms with E-state index >= 15 is 0 Å². The second-order valence-electron chi connectivity index (χ2n) is 7.26. The minimum atomic E-state index is -3.60. The third kappa shape index (κ3) is 3.33. The lowest BCUT2D eigenvalue weighted by Crippen LogP contribution is -2.39. The topological polar surface area (TPSA) is 98.9 Å². The Kier molecular flexibility index (Phi) is 4.44. The van der Waals surface area contributed by atoms with Crippen molar-refractivity contribution in [1.29, 1.82) is 0 Å². The van der Waals surface area contributed by atoms with Crippen LogP contribution in [0.15, 0.2) is 28.4 Å². The summed E-state index contributed by atoms with van der Waals surface area (Å²) in [5.74, 6) is 0. The number of nitrogens with one attached hydrogen (secondary N) is 1. The van der Waals surface area contributed by atoms with E-state index in [0.29, 0.717) is 12.8 Å². The molecule has 2 aliphatic carbocycles. The van der Waals surface area contributed by atoms with Gasteiger partial charge < -0.3 is 4.57 Å². The number of rotatable bonds is 4. The molecule has 26 heavy (non-hydrogen) atoms. The predicted octanol–water partition coefficient (Wildman–Crippen LogP) is 0.928. The van der Waals surface area contributed by atoms with Gasteiger partial charge >= 0.3 is 0 Å². The molecule has 2 heterocycles. The molecule has 0 unspecified atom stereocenters. The zero-order chi connectivity index (χ0) is 18.3. The first-order valence-electron chi connectivity index (χ1n) is 9.04. The lowest BCUT2D eigenvalue weighted by atomic mass is 9.92. The third-order valence-electron chi connectivity index (χ3n) is 5.30. The molecule has 2 aromatic rings. The van der Waals surface area contributed by atoms with Crippen molar-refractivity contribution >= 4 is 10.0 Å². The fourth-order valence-electron chi connectivity index (χ4n) is 3.92. The Morgan fingerprint density at radius 3 is 2.65 bits per heavy atom. The Morgan fingerprint density at radius 2 is 1.96 bits per heavy atom. The van der Waals surface area contributed by atoms with Crippen LogP contribution in [0.25, 0.3) is 0 Å². The molecule has 1 fully saturated rings. The summed E-state index contributed by atoms with van der Waals surface area (Å²) in [4.78, 5) is 16.3. The van der Waals surface area contributed by atoms with Gasteiger partial charge in [-0.3, -0.25) is 4.79 Å². The van der Waals surface area contributed by atoms with Gasteiger partial charge in [0.2, 0.25) is 0 Å². The van der Waals surface area contributed by atoms with Gasteiger partial charge in [-0.1, -0.05) is 0 Å². The largest absolute Gasteiger partial charge is 0.339 e. The summed E-state index contributed by atoms with van der Waals surface area (Å²) in [6.45, 7) is 0. The zero-order valence-electron chi connectivity index (χ0n) is 14.8. The number of imidazole rings is 1. The van der Waals surface area contributed by atoms with E-state index in [0.717, 1.165) is 43.4 Å². The molecule has 0 spiro atoms. The van der Waals surface area contributed by atoms with E-state index in [2.05, 4.69) is 14.8 Å². The van der Waals surface area contributed by atoms with Gasteiger partial charge in [0, 0.05) is 25.4 Å². The number of fused-ring (bicyclic) bond motifs is 1. The van der Waals surface area contributed by atoms with E-state index < -0.39 is 10.0 Å². The van der Waals surface area contributed by atoms with Crippen LogP contribution < -0.4 is 10.3 Å². The van der Waals surface area contributed by atoms with Crippen molar-refractivity contribution < 1.29 is 8.42 Å². The molecule has 0 saturated heterocycles. The second kappa shape index (κ2) is 6.62. The summed E-state index contributed by atoms with van der Waals surface area (Å²) in [6, 6.07) is 1.64. The minimum absolute atomic E-state index is 0.0387. The maximum atomic E-state index is 12.4. The fourth-order valence-corrected chi connectivity index (χ4v) is 5.21. The molecule has 1 N–H and O–H groups in total. The average molecular weight is 377 g/mol. The van der Waals surface area contributed by atoms with E-state index in [4.69, 9.17) is 0 Å².